The normalized spacial score (nSPS) is 11.0. The number of nitrogens with one attached hydrogen (secondary N) is 1. The van der Waals surface area contributed by atoms with Crippen LogP contribution in [-0.2, 0) is 6.54 Å². The second-order valence-electron chi connectivity index (χ2n) is 7.89. The number of H-pyrrole nitrogens is 1. The van der Waals surface area contributed by atoms with Gasteiger partial charge in [0.1, 0.15) is 5.69 Å². The third-order valence-corrected chi connectivity index (χ3v) is 5.00. The molecule has 2 aromatic carbocycles. The molecule has 0 radical (unpaired) electrons. The van der Waals surface area contributed by atoms with Gasteiger partial charge in [0.15, 0.2) is 0 Å². The first-order valence-corrected chi connectivity index (χ1v) is 9.81. The highest BCUT2D eigenvalue weighted by Gasteiger charge is 2.25. The molecule has 1 heterocycles. The maximum absolute atomic E-state index is 13.5. The predicted octanol–water partition coefficient (Wildman–Crippen LogP) is 3.46. The number of hydrogen-bond donors (Lipinski definition) is 1. The van der Waals surface area contributed by atoms with Crippen molar-refractivity contribution in [1.82, 2.24) is 9.55 Å². The lowest BCUT2D eigenvalue weighted by atomic mass is 9.95. The third kappa shape index (κ3) is 4.53. The van der Waals surface area contributed by atoms with Crippen molar-refractivity contribution in [3.63, 3.8) is 0 Å². The van der Waals surface area contributed by atoms with Crippen LogP contribution in [0, 0.1) is 24.0 Å². The van der Waals surface area contributed by atoms with Crippen molar-refractivity contribution in [3.05, 3.63) is 107 Å². The Bertz CT molecular complexity index is 1260. The van der Waals surface area contributed by atoms with E-state index in [9.17, 15) is 24.5 Å². The number of nitro groups is 1. The monoisotopic (exact) mass is 421 g/mol. The van der Waals surface area contributed by atoms with Crippen LogP contribution in [-0.4, -0.2) is 20.3 Å². The van der Waals surface area contributed by atoms with Crippen molar-refractivity contribution >= 4 is 11.5 Å². The zero-order valence-electron chi connectivity index (χ0n) is 17.8. The number of nitro benzene ring substituents is 1. The van der Waals surface area contributed by atoms with Crippen LogP contribution in [0.5, 0.6) is 0 Å². The Morgan fingerprint density at radius 1 is 1.06 bits per heavy atom. The van der Waals surface area contributed by atoms with Crippen LogP contribution in [0.15, 0.2) is 52.1 Å². The smallest absolute Gasteiger partial charge is 0.287 e. The van der Waals surface area contributed by atoms with Gasteiger partial charge in [0.2, 0.25) is 5.78 Å². The predicted molar refractivity (Wildman–Crippen MR) is 117 cm³/mol. The van der Waals surface area contributed by atoms with E-state index >= 15 is 0 Å². The molecule has 0 bridgehead atoms. The molecule has 0 aliphatic heterocycles. The van der Waals surface area contributed by atoms with Gasteiger partial charge in [-0.05, 0) is 37.5 Å². The molecule has 8 heteroatoms. The van der Waals surface area contributed by atoms with Crippen molar-refractivity contribution in [2.75, 3.05) is 0 Å². The molecule has 0 saturated heterocycles. The fraction of sp³-hybridized carbons (Fsp3) is 0.261. The molecule has 0 unspecified atom stereocenters. The van der Waals surface area contributed by atoms with Crippen LogP contribution in [0.4, 0.5) is 5.69 Å². The highest BCUT2D eigenvalue weighted by Crippen LogP contribution is 2.21. The Kier molecular flexibility index (Phi) is 6.01. The lowest BCUT2D eigenvalue weighted by molar-refractivity contribution is -0.384. The summed E-state index contributed by atoms with van der Waals surface area (Å²) in [5.74, 6) is -0.724. The average Bonchev–Trinajstić information content (AvgIpc) is 2.68. The van der Waals surface area contributed by atoms with Crippen molar-refractivity contribution in [3.8, 4) is 0 Å². The maximum atomic E-state index is 13.5. The van der Waals surface area contributed by atoms with E-state index in [1.165, 1.54) is 28.8 Å². The molecule has 0 aliphatic rings. The maximum Gasteiger partial charge on any atom is 0.329 e. The molecule has 31 heavy (non-hydrogen) atoms. The van der Waals surface area contributed by atoms with Gasteiger partial charge in [-0.2, -0.15) is 0 Å². The van der Waals surface area contributed by atoms with Gasteiger partial charge in [0.25, 0.3) is 11.2 Å². The van der Waals surface area contributed by atoms with Crippen LogP contribution in [0.1, 0.15) is 58.1 Å². The van der Waals surface area contributed by atoms with E-state index in [0.717, 1.165) is 11.1 Å². The average molecular weight is 421 g/mol. The first-order chi connectivity index (χ1) is 14.6. The molecule has 0 atom stereocenters. The first kappa shape index (κ1) is 21.9. The summed E-state index contributed by atoms with van der Waals surface area (Å²) in [6.07, 6.45) is 0. The van der Waals surface area contributed by atoms with Crippen molar-refractivity contribution in [1.29, 1.82) is 0 Å². The molecular formula is C23H23N3O5. The SMILES string of the molecule is Cc1cc(C)cc(C(=O)c2c(C(C)C)c(=O)[nH]c(=O)n2Cc2ccc([N+](=O)[O-])cc2)c1. The molecule has 1 aromatic heterocycles. The van der Waals surface area contributed by atoms with Crippen LogP contribution < -0.4 is 11.2 Å². The minimum atomic E-state index is -0.708. The zero-order chi connectivity index (χ0) is 22.9. The van der Waals surface area contributed by atoms with E-state index in [-0.39, 0.29) is 29.4 Å². The largest absolute Gasteiger partial charge is 0.329 e. The van der Waals surface area contributed by atoms with Crippen molar-refractivity contribution in [2.24, 2.45) is 0 Å². The summed E-state index contributed by atoms with van der Waals surface area (Å²) in [5, 5.41) is 10.9. The van der Waals surface area contributed by atoms with Crippen LogP contribution in [0.3, 0.4) is 0 Å². The van der Waals surface area contributed by atoms with Crippen LogP contribution in [0.2, 0.25) is 0 Å². The third-order valence-electron chi connectivity index (χ3n) is 5.00. The summed E-state index contributed by atoms with van der Waals surface area (Å²) in [5.41, 5.74) is 1.65. The fourth-order valence-corrected chi connectivity index (χ4v) is 3.67. The Morgan fingerprint density at radius 2 is 1.65 bits per heavy atom. The molecular weight excluding hydrogens is 398 g/mol. The topological polar surface area (TPSA) is 115 Å². The minimum absolute atomic E-state index is 0.0147. The van der Waals surface area contributed by atoms with Crippen molar-refractivity contribution in [2.45, 2.75) is 40.2 Å². The number of rotatable bonds is 6. The van der Waals surface area contributed by atoms with Crippen LogP contribution >= 0.6 is 0 Å². The van der Waals surface area contributed by atoms with Gasteiger partial charge >= 0.3 is 5.69 Å². The molecule has 0 aliphatic carbocycles. The Hall–Kier alpha value is -3.81. The fourth-order valence-electron chi connectivity index (χ4n) is 3.67. The molecule has 0 spiro atoms. The van der Waals surface area contributed by atoms with Crippen LogP contribution in [0.25, 0.3) is 0 Å². The number of benzene rings is 2. The molecule has 0 amide bonds. The minimum Gasteiger partial charge on any atom is -0.287 e. The second-order valence-corrected chi connectivity index (χ2v) is 7.89. The Balaban J connectivity index is 2.22. The number of aromatic nitrogens is 2. The molecule has 3 aromatic rings. The van der Waals surface area contributed by atoms with Crippen molar-refractivity contribution < 1.29 is 9.72 Å². The summed E-state index contributed by atoms with van der Waals surface area (Å²) < 4.78 is 1.23. The molecule has 0 fully saturated rings. The number of aromatic amines is 1. The number of carbonyl (C=O) groups is 1. The van der Waals surface area contributed by atoms with E-state index in [1.807, 2.05) is 19.9 Å². The Labute approximate surface area is 178 Å². The van der Waals surface area contributed by atoms with E-state index in [0.29, 0.717) is 11.1 Å². The van der Waals surface area contributed by atoms with Gasteiger partial charge in [-0.3, -0.25) is 29.3 Å². The quantitative estimate of drug-likeness (QED) is 0.372. The summed E-state index contributed by atoms with van der Waals surface area (Å²) in [6.45, 7) is 7.29. The van der Waals surface area contributed by atoms with Gasteiger partial charge in [0.05, 0.1) is 11.5 Å². The Morgan fingerprint density at radius 3 is 2.16 bits per heavy atom. The second kappa shape index (κ2) is 8.51. The van der Waals surface area contributed by atoms with Gasteiger partial charge in [-0.1, -0.05) is 43.2 Å². The van der Waals surface area contributed by atoms with Gasteiger partial charge in [-0.15, -0.1) is 0 Å². The summed E-state index contributed by atoms with van der Waals surface area (Å²) >= 11 is 0. The van der Waals surface area contributed by atoms with E-state index in [4.69, 9.17) is 0 Å². The van der Waals surface area contributed by atoms with Gasteiger partial charge in [0, 0.05) is 23.3 Å². The molecule has 8 nitrogen and oxygen atoms in total. The molecule has 3 rings (SSSR count). The molecule has 0 saturated carbocycles. The highest BCUT2D eigenvalue weighted by molar-refractivity contribution is 6.09. The number of hydrogen-bond acceptors (Lipinski definition) is 5. The lowest BCUT2D eigenvalue weighted by Gasteiger charge is -2.18. The number of nitrogens with zero attached hydrogens (tertiary/aromatic N) is 2. The highest BCUT2D eigenvalue weighted by atomic mass is 16.6. The number of aryl methyl sites for hydroxylation is 2. The molecule has 160 valence electrons. The number of non-ortho nitro benzene ring substituents is 1. The summed E-state index contributed by atoms with van der Waals surface area (Å²) in [7, 11) is 0. The van der Waals surface area contributed by atoms with E-state index < -0.39 is 22.0 Å². The van der Waals surface area contributed by atoms with E-state index in [1.54, 1.807) is 26.0 Å². The number of ketones is 1. The summed E-state index contributed by atoms with van der Waals surface area (Å²) in [6, 6.07) is 11.1. The zero-order valence-corrected chi connectivity index (χ0v) is 17.8. The number of carbonyl (C=O) groups excluding carboxylic acids is 1. The van der Waals surface area contributed by atoms with Gasteiger partial charge < -0.3 is 0 Å². The van der Waals surface area contributed by atoms with E-state index in [2.05, 4.69) is 4.98 Å². The lowest BCUT2D eigenvalue weighted by Crippen LogP contribution is -2.38. The first-order valence-electron chi connectivity index (χ1n) is 9.81. The standard InChI is InChI=1S/C23H23N3O5/c1-13(2)19-20(21(27)17-10-14(3)9-15(4)11-17)25(23(29)24-22(19)28)12-16-5-7-18(8-6-16)26(30)31/h5-11,13H,12H2,1-4H3,(H,24,28,29). The van der Waals surface area contributed by atoms with Gasteiger partial charge in [-0.25, -0.2) is 4.79 Å². The molecule has 1 N–H and O–H groups in total. The summed E-state index contributed by atoms with van der Waals surface area (Å²) in [4.78, 5) is 51.6.